The number of carboxylic acid groups (broad SMARTS) is 1. The number of carbonyl (C=O) groups excluding carboxylic acids is 2. The standard InChI is InChI=1S/C19H28N2O6S/c1-19(2,3)27-18(25)21-15(16(22)23)13-28-11-7-10-20-17(24)26-12-14-8-5-4-6-9-14/h4-6,8-9,15H,7,10-13H2,1-3H3,(H,20,24)(H,21,25)(H,22,23)/t15-/m0/s1. The Morgan fingerprint density at radius 3 is 2.43 bits per heavy atom. The summed E-state index contributed by atoms with van der Waals surface area (Å²) in [7, 11) is 0. The first-order valence-corrected chi connectivity index (χ1v) is 10.1. The third-order valence-electron chi connectivity index (χ3n) is 3.22. The van der Waals surface area contributed by atoms with Gasteiger partial charge in [0.05, 0.1) is 0 Å². The van der Waals surface area contributed by atoms with Gasteiger partial charge in [-0.1, -0.05) is 30.3 Å². The summed E-state index contributed by atoms with van der Waals surface area (Å²) < 4.78 is 10.2. The molecule has 1 aromatic carbocycles. The van der Waals surface area contributed by atoms with E-state index in [0.717, 1.165) is 5.56 Å². The monoisotopic (exact) mass is 412 g/mol. The summed E-state index contributed by atoms with van der Waals surface area (Å²) in [6.45, 7) is 5.73. The van der Waals surface area contributed by atoms with Gasteiger partial charge < -0.3 is 25.2 Å². The molecule has 0 saturated heterocycles. The number of thioether (sulfide) groups is 1. The molecule has 156 valence electrons. The number of nitrogens with one attached hydrogen (secondary N) is 2. The molecule has 3 N–H and O–H groups in total. The predicted octanol–water partition coefficient (Wildman–Crippen LogP) is 3.01. The van der Waals surface area contributed by atoms with Crippen LogP contribution in [0.3, 0.4) is 0 Å². The summed E-state index contributed by atoms with van der Waals surface area (Å²) in [5.41, 5.74) is 0.214. The number of alkyl carbamates (subject to hydrolysis) is 2. The fourth-order valence-corrected chi connectivity index (χ4v) is 2.94. The van der Waals surface area contributed by atoms with Gasteiger partial charge in [-0.05, 0) is 38.5 Å². The Labute approximate surface area is 169 Å². The van der Waals surface area contributed by atoms with Crippen molar-refractivity contribution in [2.45, 2.75) is 45.4 Å². The largest absolute Gasteiger partial charge is 0.480 e. The molecule has 8 nitrogen and oxygen atoms in total. The van der Waals surface area contributed by atoms with Crippen LogP contribution in [0.25, 0.3) is 0 Å². The average molecular weight is 413 g/mol. The molecule has 0 aliphatic carbocycles. The van der Waals surface area contributed by atoms with E-state index in [1.807, 2.05) is 30.3 Å². The van der Waals surface area contributed by atoms with Gasteiger partial charge in [-0.2, -0.15) is 11.8 Å². The molecule has 1 rings (SSSR count). The van der Waals surface area contributed by atoms with Crippen LogP contribution in [-0.4, -0.2) is 53.0 Å². The Kier molecular flexibility index (Phi) is 10.2. The van der Waals surface area contributed by atoms with E-state index >= 15 is 0 Å². The number of hydrogen-bond acceptors (Lipinski definition) is 6. The van der Waals surface area contributed by atoms with Crippen LogP contribution in [0.15, 0.2) is 30.3 Å². The number of amides is 2. The molecule has 2 amide bonds. The molecule has 0 saturated carbocycles. The van der Waals surface area contributed by atoms with Crippen molar-refractivity contribution < 1.29 is 29.0 Å². The second kappa shape index (κ2) is 12.1. The summed E-state index contributed by atoms with van der Waals surface area (Å²) in [5, 5.41) is 14.2. The quantitative estimate of drug-likeness (QED) is 0.506. The summed E-state index contributed by atoms with van der Waals surface area (Å²) in [6.07, 6.45) is -0.614. The Bertz CT molecular complexity index is 633. The fourth-order valence-electron chi connectivity index (χ4n) is 1.96. The van der Waals surface area contributed by atoms with E-state index < -0.39 is 29.8 Å². The highest BCUT2D eigenvalue weighted by atomic mass is 32.2. The Morgan fingerprint density at radius 2 is 1.82 bits per heavy atom. The minimum atomic E-state index is -1.12. The second-order valence-corrected chi connectivity index (χ2v) is 8.10. The van der Waals surface area contributed by atoms with E-state index in [1.54, 1.807) is 20.8 Å². The first kappa shape index (κ1) is 23.6. The van der Waals surface area contributed by atoms with Crippen molar-refractivity contribution in [3.63, 3.8) is 0 Å². The van der Waals surface area contributed by atoms with Crippen molar-refractivity contribution in [2.24, 2.45) is 0 Å². The molecule has 0 aliphatic heterocycles. The zero-order valence-corrected chi connectivity index (χ0v) is 17.2. The van der Waals surface area contributed by atoms with Crippen LogP contribution in [-0.2, 0) is 20.9 Å². The van der Waals surface area contributed by atoms with Crippen molar-refractivity contribution in [1.29, 1.82) is 0 Å². The van der Waals surface area contributed by atoms with E-state index in [2.05, 4.69) is 10.6 Å². The number of rotatable bonds is 10. The number of carbonyl (C=O) groups is 3. The molecule has 1 atom stereocenters. The number of aliphatic carboxylic acids is 1. The zero-order valence-electron chi connectivity index (χ0n) is 16.4. The van der Waals surface area contributed by atoms with Gasteiger partial charge in [0.15, 0.2) is 0 Å². The molecule has 1 aromatic rings. The maximum absolute atomic E-state index is 11.7. The molecule has 0 aliphatic rings. The van der Waals surface area contributed by atoms with E-state index in [0.29, 0.717) is 18.7 Å². The summed E-state index contributed by atoms with van der Waals surface area (Å²) in [4.78, 5) is 34.5. The van der Waals surface area contributed by atoms with E-state index in [1.165, 1.54) is 11.8 Å². The molecule has 0 unspecified atom stereocenters. The van der Waals surface area contributed by atoms with Crippen LogP contribution < -0.4 is 10.6 Å². The minimum Gasteiger partial charge on any atom is -0.480 e. The SMILES string of the molecule is CC(C)(C)OC(=O)N[C@@H](CSCCCNC(=O)OCc1ccccc1)C(=O)O. The molecule has 0 radical (unpaired) electrons. The van der Waals surface area contributed by atoms with Crippen LogP contribution in [0.5, 0.6) is 0 Å². The van der Waals surface area contributed by atoms with Gasteiger partial charge in [-0.15, -0.1) is 0 Å². The molecule has 0 heterocycles. The number of hydrogen-bond donors (Lipinski definition) is 3. The highest BCUT2D eigenvalue weighted by Crippen LogP contribution is 2.09. The van der Waals surface area contributed by atoms with E-state index in [9.17, 15) is 19.5 Å². The summed E-state index contributed by atoms with van der Waals surface area (Å²) >= 11 is 1.37. The lowest BCUT2D eigenvalue weighted by Gasteiger charge is -2.21. The molecule has 0 aromatic heterocycles. The third-order valence-corrected chi connectivity index (χ3v) is 4.37. The van der Waals surface area contributed by atoms with E-state index in [-0.39, 0.29) is 12.4 Å². The van der Waals surface area contributed by atoms with Crippen LogP contribution in [0.4, 0.5) is 9.59 Å². The molecule has 0 bridgehead atoms. The van der Waals surface area contributed by atoms with Gasteiger partial charge in [0, 0.05) is 12.3 Å². The second-order valence-electron chi connectivity index (χ2n) is 6.95. The van der Waals surface area contributed by atoms with Gasteiger partial charge in [-0.25, -0.2) is 14.4 Å². The topological polar surface area (TPSA) is 114 Å². The van der Waals surface area contributed by atoms with Crippen molar-refractivity contribution >= 4 is 29.9 Å². The van der Waals surface area contributed by atoms with Gasteiger partial charge in [0.2, 0.25) is 0 Å². The van der Waals surface area contributed by atoms with Crippen molar-refractivity contribution in [3.8, 4) is 0 Å². The normalized spacial score (nSPS) is 12.0. The predicted molar refractivity (Wildman–Crippen MR) is 107 cm³/mol. The average Bonchev–Trinajstić information content (AvgIpc) is 2.61. The smallest absolute Gasteiger partial charge is 0.408 e. The fraction of sp³-hybridized carbons (Fsp3) is 0.526. The molecule has 0 spiro atoms. The molecular formula is C19H28N2O6S. The number of ether oxygens (including phenoxy) is 2. The van der Waals surface area contributed by atoms with E-state index in [4.69, 9.17) is 9.47 Å². The first-order valence-electron chi connectivity index (χ1n) is 8.92. The third kappa shape index (κ3) is 11.3. The number of carboxylic acids is 1. The molecule has 0 fully saturated rings. The summed E-state index contributed by atoms with van der Waals surface area (Å²) in [5.74, 6) is -0.299. The zero-order chi connectivity index (χ0) is 21.0. The Balaban J connectivity index is 2.15. The lowest BCUT2D eigenvalue weighted by Crippen LogP contribution is -2.45. The minimum absolute atomic E-state index is 0.201. The van der Waals surface area contributed by atoms with Gasteiger partial charge in [0.25, 0.3) is 0 Å². The lowest BCUT2D eigenvalue weighted by molar-refractivity contribution is -0.138. The molecule has 9 heteroatoms. The van der Waals surface area contributed by atoms with Crippen molar-refractivity contribution in [2.75, 3.05) is 18.1 Å². The van der Waals surface area contributed by atoms with Crippen molar-refractivity contribution in [3.05, 3.63) is 35.9 Å². The van der Waals surface area contributed by atoms with Crippen LogP contribution in [0, 0.1) is 0 Å². The van der Waals surface area contributed by atoms with Crippen LogP contribution in [0.2, 0.25) is 0 Å². The Morgan fingerprint density at radius 1 is 1.14 bits per heavy atom. The maximum Gasteiger partial charge on any atom is 0.408 e. The highest BCUT2D eigenvalue weighted by Gasteiger charge is 2.23. The van der Waals surface area contributed by atoms with Gasteiger partial charge >= 0.3 is 18.2 Å². The first-order chi connectivity index (χ1) is 13.2. The van der Waals surface area contributed by atoms with Gasteiger partial charge in [0.1, 0.15) is 18.2 Å². The van der Waals surface area contributed by atoms with Crippen molar-refractivity contribution in [1.82, 2.24) is 10.6 Å². The Hall–Kier alpha value is -2.42. The van der Waals surface area contributed by atoms with Crippen LogP contribution >= 0.6 is 11.8 Å². The maximum atomic E-state index is 11.7. The van der Waals surface area contributed by atoms with Crippen LogP contribution in [0.1, 0.15) is 32.8 Å². The molecular weight excluding hydrogens is 384 g/mol. The lowest BCUT2D eigenvalue weighted by atomic mass is 10.2. The highest BCUT2D eigenvalue weighted by molar-refractivity contribution is 7.99. The van der Waals surface area contributed by atoms with Gasteiger partial charge in [-0.3, -0.25) is 0 Å². The number of benzene rings is 1. The summed E-state index contributed by atoms with van der Waals surface area (Å²) in [6, 6.07) is 8.33. The molecule has 28 heavy (non-hydrogen) atoms.